The fraction of sp³-hybridized carbons (Fsp3) is 0.308. The zero-order valence-electron chi connectivity index (χ0n) is 19.2. The van der Waals surface area contributed by atoms with Crippen LogP contribution in [0.2, 0.25) is 0 Å². The van der Waals surface area contributed by atoms with E-state index < -0.39 is 35.2 Å². The molecule has 0 fully saturated rings. The topological polar surface area (TPSA) is 94.5 Å². The number of pyridine rings is 1. The third-order valence-electron chi connectivity index (χ3n) is 6.31. The molecule has 1 unspecified atom stereocenters. The Hall–Kier alpha value is -3.36. The third-order valence-corrected chi connectivity index (χ3v) is 6.31. The Kier molecular flexibility index (Phi) is 6.38. The number of anilines is 1. The van der Waals surface area contributed by atoms with Crippen LogP contribution >= 0.6 is 0 Å². The molecule has 1 aromatic heterocycles. The van der Waals surface area contributed by atoms with Gasteiger partial charge >= 0.3 is 6.03 Å². The van der Waals surface area contributed by atoms with Crippen LogP contribution in [0, 0.1) is 18.6 Å². The lowest BCUT2D eigenvalue weighted by Gasteiger charge is -2.40. The predicted octanol–water partition coefficient (Wildman–Crippen LogP) is 4.73. The van der Waals surface area contributed by atoms with Crippen LogP contribution in [0.1, 0.15) is 48.7 Å². The van der Waals surface area contributed by atoms with Gasteiger partial charge in [-0.2, -0.15) is 0 Å². The van der Waals surface area contributed by atoms with Crippen LogP contribution in [0.4, 0.5) is 19.3 Å². The van der Waals surface area contributed by atoms with E-state index in [0.29, 0.717) is 33.8 Å². The van der Waals surface area contributed by atoms with Crippen LogP contribution < -0.4 is 10.6 Å². The van der Waals surface area contributed by atoms with E-state index in [1.807, 2.05) is 44.2 Å². The molecule has 2 amide bonds. The number of aliphatic hydroxyl groups is 2. The average Bonchev–Trinajstić information content (AvgIpc) is 2.78. The molecule has 0 bridgehead atoms. The maximum Gasteiger partial charge on any atom is 0.319 e. The van der Waals surface area contributed by atoms with E-state index in [9.17, 15) is 23.8 Å². The van der Waals surface area contributed by atoms with Gasteiger partial charge in [-0.1, -0.05) is 44.2 Å². The molecule has 2 aromatic carbocycles. The lowest BCUT2D eigenvalue weighted by molar-refractivity contribution is 0.0878. The summed E-state index contributed by atoms with van der Waals surface area (Å²) in [6.45, 7) is 5.20. The van der Waals surface area contributed by atoms with Gasteiger partial charge in [-0.05, 0) is 53.6 Å². The van der Waals surface area contributed by atoms with Crippen LogP contribution in [-0.2, 0) is 12.0 Å². The number of halogens is 2. The summed E-state index contributed by atoms with van der Waals surface area (Å²) in [7, 11) is 0. The van der Waals surface area contributed by atoms with Crippen molar-refractivity contribution in [2.45, 2.75) is 51.4 Å². The molecule has 0 spiro atoms. The Morgan fingerprint density at radius 3 is 2.50 bits per heavy atom. The number of amides is 2. The molecule has 0 radical (unpaired) electrons. The number of nitrogens with one attached hydrogen (secondary N) is 2. The molecule has 0 saturated heterocycles. The normalized spacial score (nSPS) is 18.8. The summed E-state index contributed by atoms with van der Waals surface area (Å²) >= 11 is 0. The van der Waals surface area contributed by atoms with Gasteiger partial charge in [0.1, 0.15) is 0 Å². The number of aromatic nitrogens is 1. The van der Waals surface area contributed by atoms with Crippen LogP contribution in [0.25, 0.3) is 11.3 Å². The molecule has 178 valence electrons. The maximum atomic E-state index is 14.1. The molecular formula is C26H27F2N3O3. The van der Waals surface area contributed by atoms with E-state index in [4.69, 9.17) is 0 Å². The van der Waals surface area contributed by atoms with Crippen molar-refractivity contribution in [1.82, 2.24) is 10.3 Å². The Balaban J connectivity index is 1.66. The van der Waals surface area contributed by atoms with Crippen molar-refractivity contribution in [3.05, 3.63) is 82.5 Å². The highest BCUT2D eigenvalue weighted by molar-refractivity contribution is 5.94. The first-order valence-electron chi connectivity index (χ1n) is 11.0. The van der Waals surface area contributed by atoms with Crippen LogP contribution in [-0.4, -0.2) is 27.3 Å². The first-order valence-corrected chi connectivity index (χ1v) is 11.0. The molecule has 4 rings (SSSR count). The number of aliphatic hydroxyl groups excluding tert-OH is 2. The molecule has 8 heteroatoms. The number of rotatable bonds is 4. The number of aryl methyl sites for hydroxylation is 1. The quantitative estimate of drug-likeness (QED) is 0.446. The standard InChI is InChI=1S/C26H27F2N3O3/c1-14-9-20(23(29-21(14)13-32)15-7-5-4-6-8-15)30-25(34)31-24-16-10-18(27)19(28)11-17(16)26(2,3)12-22(24)33/h4-11,22,24,32-33H,12-13H2,1-3H3,(H2,30,31,34)/t22-,24?/m1/s1. The van der Waals surface area contributed by atoms with Crippen LogP contribution in [0.15, 0.2) is 48.5 Å². The SMILES string of the molecule is Cc1cc(NC(=O)NC2c3cc(F)c(F)cc3C(C)(C)C[C@H]2O)c(-c2ccccc2)nc1CO. The lowest BCUT2D eigenvalue weighted by atomic mass is 9.69. The summed E-state index contributed by atoms with van der Waals surface area (Å²) in [5.41, 5.74) is 3.09. The van der Waals surface area contributed by atoms with Crippen molar-refractivity contribution < 1.29 is 23.8 Å². The molecule has 34 heavy (non-hydrogen) atoms. The Morgan fingerprint density at radius 1 is 1.15 bits per heavy atom. The molecule has 6 nitrogen and oxygen atoms in total. The fourth-order valence-electron chi connectivity index (χ4n) is 4.56. The van der Waals surface area contributed by atoms with Gasteiger partial charge in [0.15, 0.2) is 11.6 Å². The minimum Gasteiger partial charge on any atom is -0.391 e. The maximum absolute atomic E-state index is 14.1. The molecule has 0 aliphatic heterocycles. The van der Waals surface area contributed by atoms with E-state index in [1.165, 1.54) is 0 Å². The summed E-state index contributed by atoms with van der Waals surface area (Å²) in [6.07, 6.45) is -0.736. The van der Waals surface area contributed by atoms with Gasteiger partial charge in [0.2, 0.25) is 0 Å². The van der Waals surface area contributed by atoms with E-state index >= 15 is 0 Å². The number of benzene rings is 2. The van der Waals surface area contributed by atoms with Crippen molar-refractivity contribution >= 4 is 11.7 Å². The lowest BCUT2D eigenvalue weighted by Crippen LogP contribution is -2.45. The number of urea groups is 1. The monoisotopic (exact) mass is 467 g/mol. The molecule has 4 N–H and O–H groups in total. The first-order chi connectivity index (χ1) is 16.1. The van der Waals surface area contributed by atoms with E-state index in [0.717, 1.165) is 17.7 Å². The highest BCUT2D eigenvalue weighted by atomic mass is 19.2. The van der Waals surface area contributed by atoms with E-state index in [1.54, 1.807) is 13.0 Å². The Labute approximate surface area is 196 Å². The molecule has 2 atom stereocenters. The molecular weight excluding hydrogens is 440 g/mol. The van der Waals surface area contributed by atoms with Gasteiger partial charge in [-0.25, -0.2) is 18.6 Å². The molecule has 0 saturated carbocycles. The van der Waals surface area contributed by atoms with Crippen molar-refractivity contribution in [3.63, 3.8) is 0 Å². The van der Waals surface area contributed by atoms with Crippen molar-refractivity contribution in [3.8, 4) is 11.3 Å². The van der Waals surface area contributed by atoms with E-state index in [2.05, 4.69) is 15.6 Å². The van der Waals surface area contributed by atoms with E-state index in [-0.39, 0.29) is 13.0 Å². The number of nitrogens with zero attached hydrogens (tertiary/aromatic N) is 1. The van der Waals surface area contributed by atoms with Gasteiger partial charge in [-0.3, -0.25) is 0 Å². The molecule has 1 heterocycles. The van der Waals surface area contributed by atoms with Gasteiger partial charge < -0.3 is 20.8 Å². The smallest absolute Gasteiger partial charge is 0.319 e. The van der Waals surface area contributed by atoms with Crippen molar-refractivity contribution in [2.24, 2.45) is 0 Å². The van der Waals surface area contributed by atoms with Gasteiger partial charge in [0.25, 0.3) is 0 Å². The predicted molar refractivity (Wildman–Crippen MR) is 125 cm³/mol. The average molecular weight is 468 g/mol. The number of hydrogen-bond acceptors (Lipinski definition) is 4. The van der Waals surface area contributed by atoms with Crippen LogP contribution in [0.3, 0.4) is 0 Å². The summed E-state index contributed by atoms with van der Waals surface area (Å²) in [6, 6.07) is 11.5. The second-order valence-corrected chi connectivity index (χ2v) is 9.26. The molecule has 1 aliphatic carbocycles. The van der Waals surface area contributed by atoms with Crippen LogP contribution in [0.5, 0.6) is 0 Å². The summed E-state index contributed by atoms with van der Waals surface area (Å²) in [4.78, 5) is 17.5. The highest BCUT2D eigenvalue weighted by Gasteiger charge is 2.40. The number of carbonyl (C=O) groups is 1. The zero-order valence-corrected chi connectivity index (χ0v) is 19.2. The van der Waals surface area contributed by atoms with Crippen molar-refractivity contribution in [1.29, 1.82) is 0 Å². The molecule has 3 aromatic rings. The van der Waals surface area contributed by atoms with Crippen molar-refractivity contribution in [2.75, 3.05) is 5.32 Å². The second kappa shape index (κ2) is 9.12. The summed E-state index contributed by atoms with van der Waals surface area (Å²) < 4.78 is 28.1. The molecule has 1 aliphatic rings. The third kappa shape index (κ3) is 4.51. The minimum absolute atomic E-state index is 0.249. The minimum atomic E-state index is -1.04. The zero-order chi connectivity index (χ0) is 24.6. The van der Waals surface area contributed by atoms with Gasteiger partial charge in [-0.15, -0.1) is 0 Å². The number of fused-ring (bicyclic) bond motifs is 1. The second-order valence-electron chi connectivity index (χ2n) is 9.26. The Morgan fingerprint density at radius 2 is 1.82 bits per heavy atom. The van der Waals surface area contributed by atoms with Gasteiger partial charge in [0, 0.05) is 5.56 Å². The highest BCUT2D eigenvalue weighted by Crippen LogP contribution is 2.42. The summed E-state index contributed by atoms with van der Waals surface area (Å²) in [5.74, 6) is -2.01. The fourth-order valence-corrected chi connectivity index (χ4v) is 4.56. The van der Waals surface area contributed by atoms with Gasteiger partial charge in [0.05, 0.1) is 35.8 Å². The summed E-state index contributed by atoms with van der Waals surface area (Å²) in [5, 5.41) is 25.9. The number of hydrogen-bond donors (Lipinski definition) is 4. The largest absolute Gasteiger partial charge is 0.391 e. The number of carbonyl (C=O) groups excluding carboxylic acids is 1. The first kappa shape index (κ1) is 23.8. The Bertz CT molecular complexity index is 1230.